The van der Waals surface area contributed by atoms with E-state index in [4.69, 9.17) is 17.3 Å². The lowest BCUT2D eigenvalue weighted by Crippen LogP contribution is -2.70. The topological polar surface area (TPSA) is 182 Å². The summed E-state index contributed by atoms with van der Waals surface area (Å²) in [5, 5.41) is 55.0. The first kappa shape index (κ1) is 23.0. The van der Waals surface area contributed by atoms with E-state index in [1.807, 2.05) is 0 Å². The molecule has 3 aliphatic rings. The highest BCUT2D eigenvalue weighted by Gasteiger charge is 2.68. The molecule has 0 heterocycles. The van der Waals surface area contributed by atoms with Crippen molar-refractivity contribution in [3.8, 4) is 5.75 Å². The van der Waals surface area contributed by atoms with E-state index in [-0.39, 0.29) is 21.7 Å². The fraction of sp³-hybridized carbons (Fsp3) is 0.318. The Hall–Kier alpha value is -3.18. The van der Waals surface area contributed by atoms with E-state index in [2.05, 4.69) is 6.58 Å². The van der Waals surface area contributed by atoms with Gasteiger partial charge < -0.3 is 31.3 Å². The second-order valence-electron chi connectivity index (χ2n) is 8.55. The summed E-state index contributed by atoms with van der Waals surface area (Å²) in [5.74, 6) is -9.18. The molecule has 0 spiro atoms. The minimum absolute atomic E-state index is 0.0516. The van der Waals surface area contributed by atoms with Gasteiger partial charge in [0.1, 0.15) is 22.8 Å². The number of carbonyl (C=O) groups is 3. The number of carbonyl (C=O) groups excluding carboxylic acids is 3. The Bertz CT molecular complexity index is 1230. The predicted octanol–water partition coefficient (Wildman–Crippen LogP) is 0.0589. The molecule has 0 radical (unpaired) electrons. The van der Waals surface area contributed by atoms with Crippen LogP contribution in [0.15, 0.2) is 35.6 Å². The molecule has 1 fully saturated rings. The average molecular weight is 477 g/mol. The number of nitrogens with zero attached hydrogens (tertiary/aromatic N) is 1. The normalized spacial score (nSPS) is 31.5. The molecule has 1 aromatic rings. The summed E-state index contributed by atoms with van der Waals surface area (Å²) in [6.45, 7) is 3.89. The number of fused-ring (bicyclic) bond motifs is 3. The van der Waals surface area contributed by atoms with Gasteiger partial charge in [-0.2, -0.15) is 0 Å². The molecule has 174 valence electrons. The Labute approximate surface area is 192 Å². The zero-order chi connectivity index (χ0) is 24.7. The number of hydrogen-bond acceptors (Lipinski definition) is 9. The lowest BCUT2D eigenvalue weighted by molar-refractivity contribution is -0.166. The second kappa shape index (κ2) is 7.16. The van der Waals surface area contributed by atoms with Gasteiger partial charge in [0.15, 0.2) is 11.4 Å². The van der Waals surface area contributed by atoms with Crippen molar-refractivity contribution in [2.75, 3.05) is 14.1 Å². The zero-order valence-corrected chi connectivity index (χ0v) is 18.3. The quantitative estimate of drug-likeness (QED) is 0.321. The van der Waals surface area contributed by atoms with E-state index in [9.17, 15) is 39.9 Å². The Morgan fingerprint density at radius 2 is 1.79 bits per heavy atom. The molecule has 0 aromatic heterocycles. The number of likely N-dealkylation sites (N-methyl/N-ethyl adjacent to an activating group) is 1. The summed E-state index contributed by atoms with van der Waals surface area (Å²) in [6, 6.07) is 1.08. The Kier molecular flexibility index (Phi) is 4.99. The smallest absolute Gasteiger partial charge is 0.255 e. The summed E-state index contributed by atoms with van der Waals surface area (Å²) in [6.07, 6.45) is -1.75. The van der Waals surface area contributed by atoms with Crippen molar-refractivity contribution in [3.63, 3.8) is 0 Å². The number of aromatic hydroxyl groups is 1. The number of aliphatic hydroxyl groups is 4. The molecule has 0 saturated heterocycles. The van der Waals surface area contributed by atoms with Crippen LogP contribution in [0, 0.1) is 11.8 Å². The number of ketones is 2. The van der Waals surface area contributed by atoms with Crippen LogP contribution in [0.1, 0.15) is 11.1 Å². The van der Waals surface area contributed by atoms with E-state index in [1.165, 1.54) is 31.1 Å². The van der Waals surface area contributed by atoms with Crippen LogP contribution in [-0.2, 0) is 14.4 Å². The molecule has 10 nitrogen and oxygen atoms in total. The summed E-state index contributed by atoms with van der Waals surface area (Å²) in [4.78, 5) is 39.9. The molecular weight excluding hydrogens is 456 g/mol. The van der Waals surface area contributed by atoms with Crippen molar-refractivity contribution in [2.24, 2.45) is 17.6 Å². The molecule has 5 atom stereocenters. The fourth-order valence-electron chi connectivity index (χ4n) is 5.26. The van der Waals surface area contributed by atoms with E-state index in [0.717, 1.165) is 0 Å². The minimum atomic E-state index is -2.97. The molecule has 0 bridgehead atoms. The van der Waals surface area contributed by atoms with Crippen LogP contribution in [0.25, 0.3) is 11.3 Å². The van der Waals surface area contributed by atoms with Crippen molar-refractivity contribution in [2.45, 2.75) is 17.7 Å². The van der Waals surface area contributed by atoms with Gasteiger partial charge in [0.2, 0.25) is 5.78 Å². The third kappa shape index (κ3) is 2.69. The summed E-state index contributed by atoms with van der Waals surface area (Å²) in [5.41, 5.74) is 0.634. The largest absolute Gasteiger partial charge is 0.508 e. The average Bonchev–Trinajstić information content (AvgIpc) is 2.72. The van der Waals surface area contributed by atoms with Gasteiger partial charge in [-0.3, -0.25) is 19.3 Å². The van der Waals surface area contributed by atoms with Gasteiger partial charge in [-0.25, -0.2) is 0 Å². The van der Waals surface area contributed by atoms with E-state index in [0.29, 0.717) is 0 Å². The number of primary amides is 1. The van der Waals surface area contributed by atoms with Crippen LogP contribution in [0.3, 0.4) is 0 Å². The van der Waals surface area contributed by atoms with Gasteiger partial charge in [0, 0.05) is 16.5 Å². The zero-order valence-electron chi connectivity index (χ0n) is 17.5. The highest BCUT2D eigenvalue weighted by Crippen LogP contribution is 2.56. The minimum Gasteiger partial charge on any atom is -0.508 e. The van der Waals surface area contributed by atoms with Crippen molar-refractivity contribution < 1.29 is 39.9 Å². The van der Waals surface area contributed by atoms with Crippen molar-refractivity contribution in [1.29, 1.82) is 0 Å². The van der Waals surface area contributed by atoms with Crippen LogP contribution in [0.4, 0.5) is 0 Å². The van der Waals surface area contributed by atoms with Crippen molar-refractivity contribution in [3.05, 3.63) is 51.8 Å². The summed E-state index contributed by atoms with van der Waals surface area (Å²) < 4.78 is 0. The van der Waals surface area contributed by atoms with E-state index in [1.54, 1.807) is 0 Å². The van der Waals surface area contributed by atoms with Crippen LogP contribution in [0.2, 0.25) is 5.02 Å². The van der Waals surface area contributed by atoms with Crippen molar-refractivity contribution >= 4 is 40.4 Å². The Balaban J connectivity index is 2.10. The summed E-state index contributed by atoms with van der Waals surface area (Å²) in [7, 11) is 2.84. The molecule has 0 unspecified atom stereocenters. The number of phenolic OH excluding ortho intramolecular Hbond substituents is 1. The van der Waals surface area contributed by atoms with Crippen LogP contribution in [0.5, 0.6) is 5.75 Å². The highest BCUT2D eigenvalue weighted by molar-refractivity contribution is 6.33. The van der Waals surface area contributed by atoms with Gasteiger partial charge in [0.05, 0.1) is 29.2 Å². The first-order valence-corrected chi connectivity index (χ1v) is 10.2. The molecule has 11 heteroatoms. The number of aliphatic hydroxyl groups excluding tert-OH is 3. The second-order valence-corrected chi connectivity index (χ2v) is 8.96. The third-order valence-corrected chi connectivity index (χ3v) is 6.99. The highest BCUT2D eigenvalue weighted by atomic mass is 35.5. The van der Waals surface area contributed by atoms with Crippen molar-refractivity contribution in [1.82, 2.24) is 4.90 Å². The number of nitrogens with two attached hydrogens (primary N) is 1. The Morgan fingerprint density at radius 1 is 1.18 bits per heavy atom. The molecular formula is C22H21ClN2O8. The number of rotatable bonds is 2. The standard InChI is InChI=1S/C22H21ClN2O8/c1-6-9-7(23)4-5-8(26)11(9)16(27)12-10(6)17(28)14-15(25(2)3)18(29)13(21(24)32)20(31)22(14,33)19(12)30/h4-5,10,14-15,17,26-28,31,33H,1H2,2-3H3,(H2,24,32)/t10-,14-,15-,17-,22+/m1/s1. The van der Waals surface area contributed by atoms with E-state index >= 15 is 0 Å². The first-order chi connectivity index (χ1) is 15.3. The molecule has 7 N–H and O–H groups in total. The molecule has 3 aliphatic carbocycles. The number of benzene rings is 1. The molecule has 1 aromatic carbocycles. The lowest BCUT2D eigenvalue weighted by atomic mass is 9.55. The SMILES string of the molecule is C=C1c2c(Cl)ccc(O)c2C(O)=C2C(=O)[C@]3(O)C(O)=C(C(N)=O)C(=O)[C@H](N(C)C)[C@@H]3[C@H](O)[C@H]12. The van der Waals surface area contributed by atoms with Gasteiger partial charge in [-0.1, -0.05) is 18.2 Å². The monoisotopic (exact) mass is 476 g/mol. The predicted molar refractivity (Wildman–Crippen MR) is 116 cm³/mol. The maximum Gasteiger partial charge on any atom is 0.255 e. The number of Topliss-reactive ketones (excluding diaryl/α,β-unsaturated/α-hetero) is 2. The van der Waals surface area contributed by atoms with Gasteiger partial charge >= 0.3 is 0 Å². The fourth-order valence-corrected chi connectivity index (χ4v) is 5.54. The van der Waals surface area contributed by atoms with Gasteiger partial charge in [-0.15, -0.1) is 0 Å². The van der Waals surface area contributed by atoms with Gasteiger partial charge in [0.25, 0.3) is 5.91 Å². The number of halogens is 1. The maximum atomic E-state index is 13.7. The van der Waals surface area contributed by atoms with Gasteiger partial charge in [-0.05, 0) is 31.8 Å². The first-order valence-electron chi connectivity index (χ1n) is 9.81. The van der Waals surface area contributed by atoms with E-state index < -0.39 is 75.5 Å². The lowest BCUT2D eigenvalue weighted by Gasteiger charge is -2.52. The summed E-state index contributed by atoms with van der Waals surface area (Å²) >= 11 is 6.25. The van der Waals surface area contributed by atoms with Crippen LogP contribution >= 0.6 is 11.6 Å². The number of hydrogen-bond donors (Lipinski definition) is 6. The number of phenols is 1. The molecule has 0 aliphatic heterocycles. The number of amides is 1. The third-order valence-electron chi connectivity index (χ3n) is 6.67. The molecule has 4 rings (SSSR count). The Morgan fingerprint density at radius 3 is 2.33 bits per heavy atom. The molecule has 33 heavy (non-hydrogen) atoms. The van der Waals surface area contributed by atoms with Crippen LogP contribution in [-0.4, -0.2) is 79.7 Å². The molecule has 1 amide bonds. The molecule has 1 saturated carbocycles. The maximum absolute atomic E-state index is 13.7. The van der Waals surface area contributed by atoms with Crippen LogP contribution < -0.4 is 5.73 Å².